The third-order valence-corrected chi connectivity index (χ3v) is 5.44. The van der Waals surface area contributed by atoms with Gasteiger partial charge in [-0.1, -0.05) is 6.07 Å². The summed E-state index contributed by atoms with van der Waals surface area (Å²) in [4.78, 5) is 15.1. The zero-order valence-electron chi connectivity index (χ0n) is 17.6. The van der Waals surface area contributed by atoms with Crippen molar-refractivity contribution in [1.29, 1.82) is 0 Å². The molecule has 0 bridgehead atoms. The molecule has 1 saturated heterocycles. The number of ether oxygens (including phenoxy) is 1. The van der Waals surface area contributed by atoms with E-state index in [-0.39, 0.29) is 23.9 Å². The Hall–Kier alpha value is -3.67. The van der Waals surface area contributed by atoms with Crippen molar-refractivity contribution in [3.8, 4) is 0 Å². The fourth-order valence-electron chi connectivity index (χ4n) is 3.74. The van der Waals surface area contributed by atoms with Gasteiger partial charge in [0.25, 0.3) is 0 Å². The van der Waals surface area contributed by atoms with Gasteiger partial charge in [0.2, 0.25) is 5.95 Å². The van der Waals surface area contributed by atoms with Gasteiger partial charge in [-0.05, 0) is 37.5 Å². The van der Waals surface area contributed by atoms with Crippen molar-refractivity contribution in [3.63, 3.8) is 0 Å². The van der Waals surface area contributed by atoms with Crippen LogP contribution in [0.25, 0.3) is 11.0 Å². The number of hydrogen-bond donors (Lipinski definition) is 4. The Balaban J connectivity index is 1.39. The van der Waals surface area contributed by atoms with Gasteiger partial charge < -0.3 is 20.4 Å². The standard InChI is InChI=1S/C21H21F3N8O/c1-11(12-4-5-13-14(7-12)26-10-25-13)27-20-28-17(21(22,23)24)9-18(30-20)29-19-8-15(31-32-19)16-3-2-6-33-16/h4-5,7-11,16H,2-3,6H2,1H3,(H,25,26)(H3,27,28,29,30,31,32)/t11-,16?/m0/s1. The zero-order chi connectivity index (χ0) is 23.0. The Morgan fingerprint density at radius 3 is 2.82 bits per heavy atom. The number of H-pyrrole nitrogens is 2. The van der Waals surface area contributed by atoms with Gasteiger partial charge in [-0.3, -0.25) is 5.10 Å². The number of anilines is 3. The smallest absolute Gasteiger partial charge is 0.372 e. The van der Waals surface area contributed by atoms with Crippen LogP contribution in [0.2, 0.25) is 0 Å². The largest absolute Gasteiger partial charge is 0.433 e. The number of hydrogen-bond acceptors (Lipinski definition) is 7. The summed E-state index contributed by atoms with van der Waals surface area (Å²) in [7, 11) is 0. The van der Waals surface area contributed by atoms with Gasteiger partial charge in [0.15, 0.2) is 11.5 Å². The summed E-state index contributed by atoms with van der Waals surface area (Å²) in [5.74, 6) is 0.164. The van der Waals surface area contributed by atoms with Gasteiger partial charge >= 0.3 is 6.18 Å². The van der Waals surface area contributed by atoms with E-state index in [4.69, 9.17) is 4.74 Å². The van der Waals surface area contributed by atoms with Gasteiger partial charge in [0, 0.05) is 18.7 Å². The van der Waals surface area contributed by atoms with Crippen molar-refractivity contribution in [1.82, 2.24) is 30.1 Å². The van der Waals surface area contributed by atoms with Gasteiger partial charge in [-0.25, -0.2) is 9.97 Å². The van der Waals surface area contributed by atoms with Crippen molar-refractivity contribution in [3.05, 3.63) is 53.6 Å². The van der Waals surface area contributed by atoms with Gasteiger partial charge in [-0.15, -0.1) is 0 Å². The molecule has 0 spiro atoms. The number of aromatic nitrogens is 6. The monoisotopic (exact) mass is 458 g/mol. The van der Waals surface area contributed by atoms with Crippen molar-refractivity contribution in [2.75, 3.05) is 17.2 Å². The Morgan fingerprint density at radius 2 is 2.03 bits per heavy atom. The normalized spacial score (nSPS) is 17.4. The molecule has 4 N–H and O–H groups in total. The van der Waals surface area contributed by atoms with Crippen LogP contribution in [0.3, 0.4) is 0 Å². The topological polar surface area (TPSA) is 116 Å². The maximum atomic E-state index is 13.5. The molecule has 172 valence electrons. The Morgan fingerprint density at radius 1 is 1.15 bits per heavy atom. The number of nitrogens with zero attached hydrogens (tertiary/aromatic N) is 4. The maximum absolute atomic E-state index is 13.5. The minimum atomic E-state index is -4.64. The number of halogens is 3. The van der Waals surface area contributed by atoms with Crippen LogP contribution in [0.15, 0.2) is 36.7 Å². The molecule has 1 fully saturated rings. The predicted octanol–water partition coefficient (Wildman–Crippen LogP) is 4.86. The lowest BCUT2D eigenvalue weighted by atomic mass is 10.1. The molecule has 0 amide bonds. The molecule has 12 heteroatoms. The predicted molar refractivity (Wildman–Crippen MR) is 115 cm³/mol. The SMILES string of the molecule is C[C@H](Nc1nc(Nc2cc(C3CCCO3)[nH]n2)cc(C(F)(F)F)n1)c1ccc2nc[nH]c2c1. The molecule has 1 aromatic carbocycles. The van der Waals surface area contributed by atoms with E-state index >= 15 is 0 Å². The van der Waals surface area contributed by atoms with Gasteiger partial charge in [0.1, 0.15) is 5.82 Å². The first-order valence-electron chi connectivity index (χ1n) is 10.4. The lowest BCUT2D eigenvalue weighted by molar-refractivity contribution is -0.141. The molecule has 3 aromatic heterocycles. The maximum Gasteiger partial charge on any atom is 0.433 e. The third-order valence-electron chi connectivity index (χ3n) is 5.44. The van der Waals surface area contributed by atoms with Crippen LogP contribution in [0.1, 0.15) is 48.9 Å². The number of benzene rings is 1. The summed E-state index contributed by atoms with van der Waals surface area (Å²) >= 11 is 0. The van der Waals surface area contributed by atoms with Crippen molar-refractivity contribution >= 4 is 28.6 Å². The minimum absolute atomic E-state index is 0.0264. The molecule has 2 atom stereocenters. The van der Waals surface area contributed by atoms with E-state index in [0.717, 1.165) is 41.2 Å². The fraction of sp³-hybridized carbons (Fsp3) is 0.333. The molecular formula is C21H21F3N8O. The van der Waals surface area contributed by atoms with E-state index in [0.29, 0.717) is 12.4 Å². The molecule has 0 aliphatic carbocycles. The van der Waals surface area contributed by atoms with E-state index in [1.54, 1.807) is 12.4 Å². The van der Waals surface area contributed by atoms with Crippen LogP contribution in [-0.4, -0.2) is 36.7 Å². The quantitative estimate of drug-likeness (QED) is 0.326. The van der Waals surface area contributed by atoms with Crippen LogP contribution >= 0.6 is 0 Å². The van der Waals surface area contributed by atoms with Crippen molar-refractivity contribution < 1.29 is 17.9 Å². The molecule has 5 rings (SSSR count). The molecule has 4 heterocycles. The van der Waals surface area contributed by atoms with Crippen LogP contribution in [-0.2, 0) is 10.9 Å². The second-order valence-corrected chi connectivity index (χ2v) is 7.84. The molecule has 0 saturated carbocycles. The third kappa shape index (κ3) is 4.60. The highest BCUT2D eigenvalue weighted by molar-refractivity contribution is 5.75. The lowest BCUT2D eigenvalue weighted by Gasteiger charge is -2.17. The fourth-order valence-corrected chi connectivity index (χ4v) is 3.74. The highest BCUT2D eigenvalue weighted by Gasteiger charge is 2.34. The summed E-state index contributed by atoms with van der Waals surface area (Å²) < 4.78 is 46.1. The average Bonchev–Trinajstić information content (AvgIpc) is 3.53. The summed E-state index contributed by atoms with van der Waals surface area (Å²) in [5, 5.41) is 12.8. The first-order valence-corrected chi connectivity index (χ1v) is 10.4. The Labute approximate surface area is 186 Å². The van der Waals surface area contributed by atoms with Crippen LogP contribution in [0.4, 0.5) is 30.8 Å². The molecule has 4 aromatic rings. The van der Waals surface area contributed by atoms with Gasteiger partial charge in [-0.2, -0.15) is 23.3 Å². The highest BCUT2D eigenvalue weighted by atomic mass is 19.4. The second kappa shape index (κ2) is 8.35. The Kier molecular flexibility index (Phi) is 5.36. The summed E-state index contributed by atoms with van der Waals surface area (Å²) in [6.45, 7) is 2.49. The molecule has 1 aliphatic rings. The minimum Gasteiger partial charge on any atom is -0.372 e. The van der Waals surface area contributed by atoms with Crippen molar-refractivity contribution in [2.24, 2.45) is 0 Å². The average molecular weight is 458 g/mol. The number of aromatic amines is 2. The van der Waals surface area contributed by atoms with E-state index in [9.17, 15) is 13.2 Å². The molecule has 0 radical (unpaired) electrons. The molecule has 1 unspecified atom stereocenters. The van der Waals surface area contributed by atoms with E-state index < -0.39 is 11.9 Å². The van der Waals surface area contributed by atoms with E-state index in [1.807, 2.05) is 25.1 Å². The first-order chi connectivity index (χ1) is 15.8. The highest BCUT2D eigenvalue weighted by Crippen LogP contribution is 2.32. The second-order valence-electron chi connectivity index (χ2n) is 7.84. The summed E-state index contributed by atoms with van der Waals surface area (Å²) in [6.07, 6.45) is -1.33. The molecule has 9 nitrogen and oxygen atoms in total. The van der Waals surface area contributed by atoms with Gasteiger partial charge in [0.05, 0.1) is 35.2 Å². The number of alkyl halides is 3. The van der Waals surface area contributed by atoms with Crippen LogP contribution in [0.5, 0.6) is 0 Å². The van der Waals surface area contributed by atoms with E-state index in [2.05, 4.69) is 40.8 Å². The van der Waals surface area contributed by atoms with Crippen LogP contribution in [0, 0.1) is 0 Å². The zero-order valence-corrected chi connectivity index (χ0v) is 17.6. The molecule has 1 aliphatic heterocycles. The lowest BCUT2D eigenvalue weighted by Crippen LogP contribution is -2.15. The van der Waals surface area contributed by atoms with Crippen LogP contribution < -0.4 is 10.6 Å². The number of nitrogens with one attached hydrogen (secondary N) is 4. The summed E-state index contributed by atoms with van der Waals surface area (Å²) in [5.41, 5.74) is 2.17. The number of fused-ring (bicyclic) bond motifs is 1. The molecular weight excluding hydrogens is 437 g/mol. The first kappa shape index (κ1) is 21.2. The molecule has 33 heavy (non-hydrogen) atoms. The summed E-state index contributed by atoms with van der Waals surface area (Å²) in [6, 6.07) is 7.77. The van der Waals surface area contributed by atoms with Crippen molar-refractivity contribution in [2.45, 2.75) is 38.1 Å². The Bertz CT molecular complexity index is 1260. The number of imidazole rings is 1. The van der Waals surface area contributed by atoms with E-state index in [1.165, 1.54) is 0 Å². The number of rotatable bonds is 6.